The van der Waals surface area contributed by atoms with Crippen LogP contribution in [0, 0.1) is 13.8 Å². The van der Waals surface area contributed by atoms with Crippen LogP contribution in [0.5, 0.6) is 0 Å². The number of benzene rings is 1. The number of nitrogens with zero attached hydrogens (tertiary/aromatic N) is 2. The summed E-state index contributed by atoms with van der Waals surface area (Å²) in [5.41, 5.74) is 5.10. The smallest absolute Gasteiger partial charge is 0.0596 e. The highest BCUT2D eigenvalue weighted by Gasteiger charge is 2.31. The molecule has 0 fully saturated rings. The lowest BCUT2D eigenvalue weighted by atomic mass is 9.80. The maximum atomic E-state index is 4.58. The third kappa shape index (κ3) is 3.59. The molecule has 0 bridgehead atoms. The average molecular weight is 414 g/mol. The maximum Gasteiger partial charge on any atom is 0.0596 e. The summed E-state index contributed by atoms with van der Waals surface area (Å²) in [6.07, 6.45) is 0.973. The Balaban J connectivity index is 2.40. The number of rotatable bonds is 6. The molecule has 0 amide bonds. The molecule has 2 rings (SSSR count). The van der Waals surface area contributed by atoms with Gasteiger partial charge < -0.3 is 0 Å². The van der Waals surface area contributed by atoms with E-state index in [1.807, 2.05) is 0 Å². The Morgan fingerprint density at radius 1 is 1.10 bits per heavy atom. The van der Waals surface area contributed by atoms with E-state index in [0.29, 0.717) is 0 Å². The largest absolute Gasteiger partial charge is 0.270 e. The van der Waals surface area contributed by atoms with Gasteiger partial charge in [0.15, 0.2) is 0 Å². The van der Waals surface area contributed by atoms with Gasteiger partial charge in [0.05, 0.1) is 5.69 Å². The van der Waals surface area contributed by atoms with Crippen molar-refractivity contribution in [3.63, 3.8) is 0 Å². The van der Waals surface area contributed by atoms with Crippen LogP contribution in [0.3, 0.4) is 0 Å². The van der Waals surface area contributed by atoms with Gasteiger partial charge in [-0.25, -0.2) is 0 Å². The second-order valence-corrected chi connectivity index (χ2v) is 6.80. The van der Waals surface area contributed by atoms with Crippen LogP contribution in [-0.2, 0) is 18.4 Å². The fourth-order valence-corrected chi connectivity index (χ4v) is 4.63. The Morgan fingerprint density at radius 3 is 2.24 bits per heavy atom. The summed E-state index contributed by atoms with van der Waals surface area (Å²) in [7, 11) is 0. The average Bonchev–Trinajstić information content (AvgIpc) is 2.85. The Kier molecular flexibility index (Phi) is 5.67. The number of aromatic nitrogens is 2. The van der Waals surface area contributed by atoms with Crippen LogP contribution in [0.2, 0.25) is 0 Å². The second kappa shape index (κ2) is 7.10. The molecule has 1 aromatic heterocycles. The molecular formula is C17H22Br2N2. The summed E-state index contributed by atoms with van der Waals surface area (Å²) < 4.78 is 2.11. The van der Waals surface area contributed by atoms with E-state index in [-0.39, 0.29) is 5.41 Å². The fraction of sp³-hybridized carbons (Fsp3) is 0.471. The van der Waals surface area contributed by atoms with E-state index in [4.69, 9.17) is 0 Å². The van der Waals surface area contributed by atoms with E-state index in [0.717, 1.165) is 29.3 Å². The zero-order chi connectivity index (χ0) is 15.5. The molecular weight excluding hydrogens is 392 g/mol. The van der Waals surface area contributed by atoms with Crippen molar-refractivity contribution in [1.82, 2.24) is 9.78 Å². The highest BCUT2D eigenvalue weighted by atomic mass is 79.9. The van der Waals surface area contributed by atoms with Gasteiger partial charge in [0.2, 0.25) is 0 Å². The third-order valence-electron chi connectivity index (χ3n) is 3.98. The first kappa shape index (κ1) is 16.8. The van der Waals surface area contributed by atoms with E-state index >= 15 is 0 Å². The first-order valence-electron chi connectivity index (χ1n) is 7.27. The van der Waals surface area contributed by atoms with Crippen molar-refractivity contribution >= 4 is 31.9 Å². The van der Waals surface area contributed by atoms with Gasteiger partial charge in [0, 0.05) is 34.7 Å². The summed E-state index contributed by atoms with van der Waals surface area (Å²) in [6, 6.07) is 11.1. The quantitative estimate of drug-likeness (QED) is 0.622. The molecule has 0 spiro atoms. The Labute approximate surface area is 144 Å². The molecule has 0 N–H and O–H groups in total. The van der Waals surface area contributed by atoms with Gasteiger partial charge in [-0.3, -0.25) is 4.68 Å². The molecule has 4 heteroatoms. The minimum Gasteiger partial charge on any atom is -0.270 e. The normalized spacial score (nSPS) is 11.9. The Bertz CT molecular complexity index is 583. The molecule has 0 unspecified atom stereocenters. The molecule has 0 aliphatic rings. The van der Waals surface area contributed by atoms with Gasteiger partial charge in [0.25, 0.3) is 0 Å². The van der Waals surface area contributed by atoms with Crippen molar-refractivity contribution in [3.8, 4) is 0 Å². The predicted molar refractivity (Wildman–Crippen MR) is 96.8 cm³/mol. The van der Waals surface area contributed by atoms with Gasteiger partial charge in [-0.1, -0.05) is 61.7 Å². The second-order valence-electron chi connectivity index (χ2n) is 5.68. The predicted octanol–water partition coefficient (Wildman–Crippen LogP) is 4.79. The van der Waals surface area contributed by atoms with E-state index in [2.05, 4.69) is 92.7 Å². The summed E-state index contributed by atoms with van der Waals surface area (Å²) in [6.45, 7) is 7.25. The van der Waals surface area contributed by atoms with Crippen LogP contribution in [-0.4, -0.2) is 20.4 Å². The molecule has 1 heterocycles. The van der Waals surface area contributed by atoms with Crippen molar-refractivity contribution in [2.45, 2.75) is 39.2 Å². The zero-order valence-corrected chi connectivity index (χ0v) is 16.0. The van der Waals surface area contributed by atoms with Crippen LogP contribution >= 0.6 is 31.9 Å². The first-order valence-corrected chi connectivity index (χ1v) is 9.51. The van der Waals surface area contributed by atoms with Crippen LogP contribution in [0.25, 0.3) is 0 Å². The lowest BCUT2D eigenvalue weighted by Crippen LogP contribution is -2.34. The molecule has 0 atom stereocenters. The molecule has 114 valence electrons. The van der Waals surface area contributed by atoms with Gasteiger partial charge in [-0.2, -0.15) is 5.10 Å². The molecule has 0 saturated carbocycles. The summed E-state index contributed by atoms with van der Waals surface area (Å²) >= 11 is 7.48. The number of hydrogen-bond acceptors (Lipinski definition) is 1. The molecule has 21 heavy (non-hydrogen) atoms. The number of hydrogen-bond donors (Lipinski definition) is 0. The van der Waals surface area contributed by atoms with Gasteiger partial charge in [-0.05, 0) is 32.4 Å². The van der Waals surface area contributed by atoms with E-state index in [9.17, 15) is 0 Å². The van der Waals surface area contributed by atoms with Crippen molar-refractivity contribution in [2.24, 2.45) is 0 Å². The Morgan fingerprint density at radius 2 is 1.71 bits per heavy atom. The van der Waals surface area contributed by atoms with Crippen LogP contribution < -0.4 is 0 Å². The zero-order valence-electron chi connectivity index (χ0n) is 12.9. The van der Waals surface area contributed by atoms with Crippen molar-refractivity contribution in [1.29, 1.82) is 0 Å². The third-order valence-corrected chi connectivity index (χ3v) is 6.13. The van der Waals surface area contributed by atoms with Crippen LogP contribution in [0.1, 0.15) is 29.4 Å². The topological polar surface area (TPSA) is 17.8 Å². The first-order chi connectivity index (χ1) is 10.0. The highest BCUT2D eigenvalue weighted by molar-refractivity contribution is 9.09. The minimum atomic E-state index is 0.0487. The van der Waals surface area contributed by atoms with Crippen LogP contribution in [0.15, 0.2) is 30.3 Å². The summed E-state index contributed by atoms with van der Waals surface area (Å²) in [4.78, 5) is 0. The highest BCUT2D eigenvalue weighted by Crippen LogP contribution is 2.33. The lowest BCUT2D eigenvalue weighted by molar-refractivity contribution is 0.508. The van der Waals surface area contributed by atoms with Crippen LogP contribution in [0.4, 0.5) is 0 Å². The SMILES string of the molecule is CCn1nc(C)cc1CC(CBr)(CBr)c1ccc(C)cc1. The summed E-state index contributed by atoms with van der Waals surface area (Å²) in [5.74, 6) is 0. The molecule has 0 aliphatic carbocycles. The molecule has 0 saturated heterocycles. The molecule has 0 aliphatic heterocycles. The van der Waals surface area contributed by atoms with Crippen molar-refractivity contribution in [3.05, 3.63) is 52.8 Å². The van der Waals surface area contributed by atoms with E-state index < -0.39 is 0 Å². The summed E-state index contributed by atoms with van der Waals surface area (Å²) in [5, 5.41) is 6.41. The maximum absolute atomic E-state index is 4.58. The van der Waals surface area contributed by atoms with Gasteiger partial charge in [-0.15, -0.1) is 0 Å². The molecule has 2 aromatic rings. The minimum absolute atomic E-state index is 0.0487. The standard InChI is InChI=1S/C17H22Br2N2/c1-4-21-16(9-14(3)20-21)10-17(11-18,12-19)15-7-5-13(2)6-8-15/h5-9H,4,10-12H2,1-3H3. The van der Waals surface area contributed by atoms with E-state index in [1.165, 1.54) is 16.8 Å². The van der Waals surface area contributed by atoms with Crippen molar-refractivity contribution in [2.75, 3.05) is 10.7 Å². The number of halogens is 2. The number of alkyl halides is 2. The fourth-order valence-electron chi connectivity index (χ4n) is 2.66. The van der Waals surface area contributed by atoms with Crippen molar-refractivity contribution < 1.29 is 0 Å². The molecule has 0 radical (unpaired) electrons. The van der Waals surface area contributed by atoms with Gasteiger partial charge >= 0.3 is 0 Å². The molecule has 2 nitrogen and oxygen atoms in total. The number of aryl methyl sites for hydroxylation is 3. The Hall–Kier alpha value is -0.610. The molecule has 1 aromatic carbocycles. The van der Waals surface area contributed by atoms with Gasteiger partial charge in [0.1, 0.15) is 0 Å². The monoisotopic (exact) mass is 412 g/mol. The van der Waals surface area contributed by atoms with E-state index in [1.54, 1.807) is 0 Å². The lowest BCUT2D eigenvalue weighted by Gasteiger charge is -2.31.